The molecule has 1 heterocycles. The molecule has 2 aromatic rings. The second-order valence-corrected chi connectivity index (χ2v) is 8.83. The number of primary amides is 1. The summed E-state index contributed by atoms with van der Waals surface area (Å²) in [6.45, 7) is 6.98. The Hall–Kier alpha value is -3.17. The normalized spacial score (nSPS) is 14.2. The van der Waals surface area contributed by atoms with Crippen molar-refractivity contribution in [1.82, 2.24) is 10.2 Å². The number of halogens is 1. The maximum atomic E-state index is 12.9. The number of hydrogen-bond donors (Lipinski definition) is 2. The number of nitrogens with two attached hydrogens (primary N) is 1. The Morgan fingerprint density at radius 1 is 1.00 bits per heavy atom. The maximum Gasteiger partial charge on any atom is 0.255 e. The predicted molar refractivity (Wildman–Crippen MR) is 137 cm³/mol. The van der Waals surface area contributed by atoms with Crippen LogP contribution in [0, 0.1) is 0 Å². The van der Waals surface area contributed by atoms with Crippen molar-refractivity contribution in [3.8, 4) is 23.0 Å². The van der Waals surface area contributed by atoms with Gasteiger partial charge in [-0.25, -0.2) is 0 Å². The number of nitrogens with zero attached hydrogens (tertiary/aromatic N) is 1. The van der Waals surface area contributed by atoms with Crippen LogP contribution in [-0.4, -0.2) is 62.8 Å². The number of amides is 2. The lowest BCUT2D eigenvalue weighted by molar-refractivity contribution is -0.119. The molecule has 0 saturated carbocycles. The first-order valence-electron chi connectivity index (χ1n) is 12.0. The van der Waals surface area contributed by atoms with Crippen molar-refractivity contribution in [2.75, 3.05) is 40.0 Å². The molecule has 1 saturated heterocycles. The highest BCUT2D eigenvalue weighted by Gasteiger charge is 2.23. The molecule has 0 unspecified atom stereocenters. The molecule has 9 nitrogen and oxygen atoms in total. The fourth-order valence-electron chi connectivity index (χ4n) is 4.06. The monoisotopic (exact) mass is 519 g/mol. The molecule has 1 fully saturated rings. The van der Waals surface area contributed by atoms with Gasteiger partial charge in [0.05, 0.1) is 20.3 Å². The van der Waals surface area contributed by atoms with Crippen LogP contribution in [0.2, 0.25) is 5.02 Å². The average molecular weight is 520 g/mol. The molecule has 0 bridgehead atoms. The number of nitrogens with one attached hydrogen (secondary N) is 1. The summed E-state index contributed by atoms with van der Waals surface area (Å²) in [7, 11) is 1.50. The minimum atomic E-state index is -0.600. The lowest BCUT2D eigenvalue weighted by Gasteiger charge is -2.32. The van der Waals surface area contributed by atoms with E-state index in [0.29, 0.717) is 46.8 Å². The van der Waals surface area contributed by atoms with E-state index in [2.05, 4.69) is 10.2 Å². The zero-order chi connectivity index (χ0) is 26.1. The molecule has 2 amide bonds. The molecular weight excluding hydrogens is 486 g/mol. The number of benzene rings is 2. The maximum absolute atomic E-state index is 12.9. The predicted octanol–water partition coefficient (Wildman–Crippen LogP) is 3.40. The average Bonchev–Trinajstić information content (AvgIpc) is 2.86. The molecule has 2 aromatic carbocycles. The number of likely N-dealkylation sites (tertiary alicyclic amines) is 1. The fraction of sp³-hybridized carbons (Fsp3) is 0.462. The zero-order valence-corrected chi connectivity index (χ0v) is 21.7. The Kier molecular flexibility index (Phi) is 10.1. The molecule has 0 radical (unpaired) electrons. The minimum Gasteiger partial charge on any atom is -0.497 e. The van der Waals surface area contributed by atoms with Crippen LogP contribution >= 0.6 is 11.6 Å². The number of methoxy groups -OCH3 is 1. The van der Waals surface area contributed by atoms with Gasteiger partial charge in [-0.3, -0.25) is 14.5 Å². The van der Waals surface area contributed by atoms with Crippen molar-refractivity contribution in [1.29, 1.82) is 0 Å². The van der Waals surface area contributed by atoms with Crippen LogP contribution in [0.15, 0.2) is 30.3 Å². The van der Waals surface area contributed by atoms with Gasteiger partial charge in [0.2, 0.25) is 0 Å². The molecule has 0 aromatic heterocycles. The molecule has 0 atom stereocenters. The molecule has 36 heavy (non-hydrogen) atoms. The van der Waals surface area contributed by atoms with E-state index in [-0.39, 0.29) is 18.6 Å². The van der Waals surface area contributed by atoms with Gasteiger partial charge in [-0.15, -0.1) is 0 Å². The third-order valence-electron chi connectivity index (χ3n) is 5.75. The molecule has 3 N–H and O–H groups in total. The molecule has 196 valence electrons. The van der Waals surface area contributed by atoms with E-state index < -0.39 is 5.91 Å². The van der Waals surface area contributed by atoms with Gasteiger partial charge >= 0.3 is 0 Å². The third-order valence-corrected chi connectivity index (χ3v) is 6.13. The summed E-state index contributed by atoms with van der Waals surface area (Å²) in [5, 5.41) is 3.59. The first-order chi connectivity index (χ1) is 17.3. The van der Waals surface area contributed by atoms with Crippen LogP contribution in [-0.2, 0) is 11.3 Å². The van der Waals surface area contributed by atoms with E-state index in [1.165, 1.54) is 7.11 Å². The van der Waals surface area contributed by atoms with Crippen molar-refractivity contribution in [3.63, 3.8) is 0 Å². The largest absolute Gasteiger partial charge is 0.497 e. The lowest BCUT2D eigenvalue weighted by Crippen LogP contribution is -2.44. The summed E-state index contributed by atoms with van der Waals surface area (Å²) < 4.78 is 22.0. The van der Waals surface area contributed by atoms with E-state index in [4.69, 9.17) is 36.3 Å². The number of piperidine rings is 1. The smallest absolute Gasteiger partial charge is 0.255 e. The van der Waals surface area contributed by atoms with E-state index in [1.807, 2.05) is 26.0 Å². The van der Waals surface area contributed by atoms with Crippen molar-refractivity contribution in [2.45, 2.75) is 39.3 Å². The standard InChI is InChI=1S/C26H34ClN3O6/c1-4-34-22-10-17(11-23(25(22)27)35-5-2)15-30-8-6-19(7-9-30)29-26(32)18-12-20(33-3)14-21(13-18)36-16-24(28)31/h10-14,19H,4-9,15-16H2,1-3H3,(H2,28,31)(H,29,32). The number of ether oxygens (including phenoxy) is 4. The second-order valence-electron chi connectivity index (χ2n) is 8.45. The SMILES string of the molecule is CCOc1cc(CN2CCC(NC(=O)c3cc(OC)cc(OCC(N)=O)c3)CC2)cc(OCC)c1Cl. The lowest BCUT2D eigenvalue weighted by atomic mass is 10.0. The van der Waals surface area contributed by atoms with Crippen molar-refractivity contribution in [2.24, 2.45) is 5.73 Å². The molecule has 0 spiro atoms. The van der Waals surface area contributed by atoms with Gasteiger partial charge in [-0.2, -0.15) is 0 Å². The zero-order valence-electron chi connectivity index (χ0n) is 21.0. The number of hydrogen-bond acceptors (Lipinski definition) is 7. The minimum absolute atomic E-state index is 0.0399. The Bertz CT molecular complexity index is 1030. The Morgan fingerprint density at radius 2 is 1.61 bits per heavy atom. The van der Waals surface area contributed by atoms with Gasteiger partial charge < -0.3 is 30.0 Å². The number of carbonyl (C=O) groups is 2. The molecular formula is C26H34ClN3O6. The fourth-order valence-corrected chi connectivity index (χ4v) is 4.28. The van der Waals surface area contributed by atoms with Crippen LogP contribution in [0.3, 0.4) is 0 Å². The Labute approximate surface area is 216 Å². The quantitative estimate of drug-likeness (QED) is 0.442. The Morgan fingerprint density at radius 3 is 2.17 bits per heavy atom. The summed E-state index contributed by atoms with van der Waals surface area (Å²) in [6, 6.07) is 8.77. The second kappa shape index (κ2) is 13.2. The van der Waals surface area contributed by atoms with Crippen LogP contribution in [0.4, 0.5) is 0 Å². The highest BCUT2D eigenvalue weighted by atomic mass is 35.5. The van der Waals surface area contributed by atoms with E-state index in [0.717, 1.165) is 38.0 Å². The van der Waals surface area contributed by atoms with Crippen molar-refractivity contribution < 1.29 is 28.5 Å². The topological polar surface area (TPSA) is 112 Å². The molecule has 3 rings (SSSR count). The number of carbonyl (C=O) groups excluding carboxylic acids is 2. The third kappa shape index (κ3) is 7.66. The highest BCUT2D eigenvalue weighted by molar-refractivity contribution is 6.33. The van der Waals surface area contributed by atoms with E-state index >= 15 is 0 Å². The summed E-state index contributed by atoms with van der Waals surface area (Å²) in [5.41, 5.74) is 6.60. The van der Waals surface area contributed by atoms with Crippen molar-refractivity contribution >= 4 is 23.4 Å². The van der Waals surface area contributed by atoms with Gasteiger partial charge in [0.25, 0.3) is 11.8 Å². The van der Waals surface area contributed by atoms with Crippen LogP contribution in [0.25, 0.3) is 0 Å². The van der Waals surface area contributed by atoms with Gasteiger partial charge in [-0.05, 0) is 56.5 Å². The van der Waals surface area contributed by atoms with Crippen LogP contribution in [0.1, 0.15) is 42.6 Å². The van der Waals surface area contributed by atoms with Gasteiger partial charge in [0.1, 0.15) is 28.0 Å². The number of rotatable bonds is 12. The first-order valence-corrected chi connectivity index (χ1v) is 12.4. The summed E-state index contributed by atoms with van der Waals surface area (Å²) in [6.07, 6.45) is 1.62. The van der Waals surface area contributed by atoms with Crippen molar-refractivity contribution in [3.05, 3.63) is 46.5 Å². The Balaban J connectivity index is 1.59. The summed E-state index contributed by atoms with van der Waals surface area (Å²) in [4.78, 5) is 26.3. The highest BCUT2D eigenvalue weighted by Crippen LogP contribution is 2.36. The molecule has 10 heteroatoms. The van der Waals surface area contributed by atoms with Crippen LogP contribution < -0.4 is 30.0 Å². The summed E-state index contributed by atoms with van der Waals surface area (Å²) in [5.74, 6) is 1.22. The van der Waals surface area contributed by atoms with E-state index in [1.54, 1.807) is 18.2 Å². The first kappa shape index (κ1) is 27.4. The molecule has 1 aliphatic rings. The summed E-state index contributed by atoms with van der Waals surface area (Å²) >= 11 is 6.42. The van der Waals surface area contributed by atoms with Gasteiger partial charge in [-0.1, -0.05) is 11.6 Å². The van der Waals surface area contributed by atoms with Gasteiger partial charge in [0.15, 0.2) is 6.61 Å². The molecule has 0 aliphatic carbocycles. The van der Waals surface area contributed by atoms with Gasteiger partial charge in [0, 0.05) is 37.3 Å². The van der Waals surface area contributed by atoms with E-state index in [9.17, 15) is 9.59 Å². The molecule has 1 aliphatic heterocycles. The van der Waals surface area contributed by atoms with Crippen LogP contribution in [0.5, 0.6) is 23.0 Å².